The van der Waals surface area contributed by atoms with Crippen LogP contribution >= 0.6 is 0 Å². The number of amidine groups is 1. The molecule has 1 heterocycles. The molecule has 5 N–H and O–H groups in total. The van der Waals surface area contributed by atoms with Crippen molar-refractivity contribution >= 4 is 38.4 Å². The maximum atomic E-state index is 13.9. The highest BCUT2D eigenvalue weighted by Crippen LogP contribution is 2.23. The van der Waals surface area contributed by atoms with Crippen LogP contribution in [0.25, 0.3) is 10.8 Å². The maximum Gasteiger partial charge on any atom is 0.243 e. The van der Waals surface area contributed by atoms with Crippen molar-refractivity contribution in [2.75, 3.05) is 6.54 Å². The normalized spacial score (nSPS) is 15.8. The summed E-state index contributed by atoms with van der Waals surface area (Å²) in [5.74, 6) is -0.772. The number of likely N-dealkylation sites (tertiary alicyclic amines) is 1. The van der Waals surface area contributed by atoms with E-state index < -0.39 is 28.0 Å². The first kappa shape index (κ1) is 29.0. The minimum Gasteiger partial charge on any atom is -0.384 e. The number of carbonyl (C=O) groups is 2. The van der Waals surface area contributed by atoms with Crippen LogP contribution in [0.5, 0.6) is 0 Å². The first-order valence-electron chi connectivity index (χ1n) is 13.8. The summed E-state index contributed by atoms with van der Waals surface area (Å²) in [4.78, 5) is 28.7. The van der Waals surface area contributed by atoms with Crippen LogP contribution in [0.3, 0.4) is 0 Å². The SMILES string of the molecule is N=C(N)c1ccc(CNC(=O)[C@@H]2CCCN2C(=O)[C@@H](Cc2ccccc2)NS(=O)(=O)c2ccc3ccccc3c2)cc1. The van der Waals surface area contributed by atoms with Gasteiger partial charge >= 0.3 is 0 Å². The van der Waals surface area contributed by atoms with E-state index in [4.69, 9.17) is 11.1 Å². The number of rotatable bonds is 10. The minimum atomic E-state index is -4.06. The van der Waals surface area contributed by atoms with Crippen LogP contribution in [0.1, 0.15) is 29.5 Å². The van der Waals surface area contributed by atoms with Crippen LogP contribution in [0.2, 0.25) is 0 Å². The molecule has 0 unspecified atom stereocenters. The molecule has 2 atom stereocenters. The van der Waals surface area contributed by atoms with Crippen molar-refractivity contribution < 1.29 is 18.0 Å². The highest BCUT2D eigenvalue weighted by Gasteiger charge is 2.38. The Hall–Kier alpha value is -4.54. The number of benzene rings is 4. The lowest BCUT2D eigenvalue weighted by Gasteiger charge is -2.29. The monoisotopic (exact) mass is 583 g/mol. The molecule has 0 saturated carbocycles. The van der Waals surface area contributed by atoms with Gasteiger partial charge in [0.25, 0.3) is 0 Å². The number of sulfonamides is 1. The van der Waals surface area contributed by atoms with Crippen LogP contribution in [0.15, 0.2) is 102 Å². The second-order valence-electron chi connectivity index (χ2n) is 10.4. The zero-order chi connectivity index (χ0) is 29.7. The van der Waals surface area contributed by atoms with Gasteiger partial charge in [-0.05, 0) is 53.3 Å². The highest BCUT2D eigenvalue weighted by molar-refractivity contribution is 7.89. The van der Waals surface area contributed by atoms with Gasteiger partial charge in [-0.25, -0.2) is 8.42 Å². The van der Waals surface area contributed by atoms with Gasteiger partial charge in [0.1, 0.15) is 17.9 Å². The Labute approximate surface area is 245 Å². The lowest BCUT2D eigenvalue weighted by molar-refractivity contribution is -0.139. The van der Waals surface area contributed by atoms with Crippen molar-refractivity contribution in [2.24, 2.45) is 5.73 Å². The molecule has 2 amide bonds. The van der Waals surface area contributed by atoms with E-state index in [1.165, 1.54) is 11.0 Å². The molecule has 0 radical (unpaired) electrons. The lowest BCUT2D eigenvalue weighted by Crippen LogP contribution is -2.54. The summed E-state index contributed by atoms with van der Waals surface area (Å²) in [5.41, 5.74) is 7.73. The van der Waals surface area contributed by atoms with Crippen molar-refractivity contribution in [3.63, 3.8) is 0 Å². The van der Waals surface area contributed by atoms with E-state index in [2.05, 4.69) is 10.0 Å². The molecule has 0 aliphatic carbocycles. The lowest BCUT2D eigenvalue weighted by atomic mass is 10.0. The Balaban J connectivity index is 1.34. The zero-order valence-corrected chi connectivity index (χ0v) is 23.8. The van der Waals surface area contributed by atoms with Gasteiger partial charge < -0.3 is 16.0 Å². The topological polar surface area (TPSA) is 145 Å². The molecule has 1 aliphatic heterocycles. The molecule has 1 aliphatic rings. The van der Waals surface area contributed by atoms with E-state index in [1.54, 1.807) is 36.4 Å². The van der Waals surface area contributed by atoms with Crippen molar-refractivity contribution in [3.8, 4) is 0 Å². The fourth-order valence-corrected chi connectivity index (χ4v) is 6.46. The van der Waals surface area contributed by atoms with Crippen molar-refractivity contribution in [2.45, 2.75) is 42.8 Å². The quantitative estimate of drug-likeness (QED) is 0.167. The fourth-order valence-electron chi connectivity index (χ4n) is 5.23. The van der Waals surface area contributed by atoms with Gasteiger partial charge in [0.2, 0.25) is 21.8 Å². The van der Waals surface area contributed by atoms with Crippen molar-refractivity contribution in [1.82, 2.24) is 14.9 Å². The fraction of sp³-hybridized carbons (Fsp3) is 0.219. The average molecular weight is 584 g/mol. The van der Waals surface area contributed by atoms with Crippen LogP contribution in [-0.2, 0) is 32.6 Å². The second-order valence-corrected chi connectivity index (χ2v) is 12.1. The van der Waals surface area contributed by atoms with Crippen LogP contribution in [-0.4, -0.2) is 49.6 Å². The number of nitrogens with one attached hydrogen (secondary N) is 3. The van der Waals surface area contributed by atoms with Gasteiger partial charge in [-0.1, -0.05) is 84.9 Å². The first-order chi connectivity index (χ1) is 20.2. The number of nitrogen functional groups attached to an aromatic ring is 1. The standard InChI is InChI=1S/C32H33N5O4S/c33-30(34)25-14-12-23(13-15-25)21-35-31(38)29-11-6-18-37(29)32(39)28(19-22-7-2-1-3-8-22)36-42(40,41)27-17-16-24-9-4-5-10-26(24)20-27/h1-5,7-10,12-17,20,28-29,36H,6,11,18-19,21H2,(H3,33,34)(H,35,38)/t28-,29+/m1/s1. The Morgan fingerprint density at radius 2 is 1.60 bits per heavy atom. The number of amides is 2. The number of nitrogens with zero attached hydrogens (tertiary/aromatic N) is 1. The van der Waals surface area contributed by atoms with Crippen LogP contribution < -0.4 is 15.8 Å². The summed E-state index contributed by atoms with van der Waals surface area (Å²) in [7, 11) is -4.06. The van der Waals surface area contributed by atoms with E-state index in [0.717, 1.165) is 21.9 Å². The van der Waals surface area contributed by atoms with Crippen molar-refractivity contribution in [3.05, 3.63) is 114 Å². The molecule has 4 aromatic rings. The summed E-state index contributed by atoms with van der Waals surface area (Å²) in [6.45, 7) is 0.602. The number of carbonyl (C=O) groups excluding carboxylic acids is 2. The predicted molar refractivity (Wildman–Crippen MR) is 162 cm³/mol. The molecule has 0 aromatic heterocycles. The molecule has 1 saturated heterocycles. The zero-order valence-electron chi connectivity index (χ0n) is 23.0. The third-order valence-electron chi connectivity index (χ3n) is 7.48. The van der Waals surface area contributed by atoms with Gasteiger partial charge in [0.05, 0.1) is 4.90 Å². The summed E-state index contributed by atoms with van der Waals surface area (Å²) >= 11 is 0. The van der Waals surface area contributed by atoms with Crippen LogP contribution in [0.4, 0.5) is 0 Å². The number of hydrogen-bond donors (Lipinski definition) is 4. The highest BCUT2D eigenvalue weighted by atomic mass is 32.2. The average Bonchev–Trinajstić information content (AvgIpc) is 3.50. The molecular weight excluding hydrogens is 550 g/mol. The third-order valence-corrected chi connectivity index (χ3v) is 8.95. The number of nitrogens with two attached hydrogens (primary N) is 1. The van der Waals surface area contributed by atoms with Gasteiger partial charge in [-0.2, -0.15) is 4.72 Å². The molecule has 42 heavy (non-hydrogen) atoms. The molecule has 5 rings (SSSR count). The number of hydrogen-bond acceptors (Lipinski definition) is 5. The summed E-state index contributed by atoms with van der Waals surface area (Å²) in [6.07, 6.45) is 1.25. The Morgan fingerprint density at radius 1 is 0.905 bits per heavy atom. The summed E-state index contributed by atoms with van der Waals surface area (Å²) in [5, 5.41) is 12.1. The smallest absolute Gasteiger partial charge is 0.243 e. The molecule has 9 nitrogen and oxygen atoms in total. The minimum absolute atomic E-state index is 0.0352. The van der Waals surface area contributed by atoms with E-state index in [1.807, 2.05) is 54.6 Å². The number of fused-ring (bicyclic) bond motifs is 1. The van der Waals surface area contributed by atoms with Crippen LogP contribution in [0, 0.1) is 5.41 Å². The van der Waals surface area contributed by atoms with E-state index in [9.17, 15) is 18.0 Å². The molecule has 0 spiro atoms. The second kappa shape index (κ2) is 12.5. The molecule has 216 valence electrons. The largest absolute Gasteiger partial charge is 0.384 e. The Bertz CT molecular complexity index is 1710. The molecule has 10 heteroatoms. The molecule has 1 fully saturated rings. The van der Waals surface area contributed by atoms with E-state index in [0.29, 0.717) is 24.9 Å². The van der Waals surface area contributed by atoms with Crippen molar-refractivity contribution in [1.29, 1.82) is 5.41 Å². The Morgan fingerprint density at radius 3 is 2.31 bits per heavy atom. The summed E-state index contributed by atoms with van der Waals surface area (Å²) in [6, 6.07) is 26.7. The van der Waals surface area contributed by atoms with Gasteiger partial charge in [-0.3, -0.25) is 15.0 Å². The third kappa shape index (κ3) is 6.67. The molecular formula is C32H33N5O4S. The summed E-state index contributed by atoms with van der Waals surface area (Å²) < 4.78 is 29.8. The molecule has 0 bridgehead atoms. The van der Waals surface area contributed by atoms with Gasteiger partial charge in [-0.15, -0.1) is 0 Å². The van der Waals surface area contributed by atoms with E-state index in [-0.39, 0.29) is 29.6 Å². The maximum absolute atomic E-state index is 13.9. The molecule has 4 aromatic carbocycles. The Kier molecular flexibility index (Phi) is 8.65. The van der Waals surface area contributed by atoms with E-state index >= 15 is 0 Å². The predicted octanol–water partition coefficient (Wildman–Crippen LogP) is 3.32. The van der Waals surface area contributed by atoms with Gasteiger partial charge in [0.15, 0.2) is 0 Å². The first-order valence-corrected chi connectivity index (χ1v) is 15.3. The van der Waals surface area contributed by atoms with Gasteiger partial charge in [0, 0.05) is 18.7 Å².